The maximum absolute atomic E-state index is 2.45. The van der Waals surface area contributed by atoms with Crippen LogP contribution in [0.5, 0.6) is 0 Å². The molecule has 0 heteroatoms. The molecule has 1 aliphatic carbocycles. The predicted molar refractivity (Wildman–Crippen MR) is 55.2 cm³/mol. The molecule has 12 heavy (non-hydrogen) atoms. The van der Waals surface area contributed by atoms with Gasteiger partial charge in [0.2, 0.25) is 0 Å². The molecule has 1 unspecified atom stereocenters. The van der Waals surface area contributed by atoms with E-state index in [0.717, 1.165) is 5.92 Å². The number of hydrogen-bond acceptors (Lipinski definition) is 0. The van der Waals surface area contributed by atoms with Gasteiger partial charge in [-0.3, -0.25) is 0 Å². The summed E-state index contributed by atoms with van der Waals surface area (Å²) in [6, 6.07) is 0. The summed E-state index contributed by atoms with van der Waals surface area (Å²) in [4.78, 5) is 0. The third-order valence-electron chi connectivity index (χ3n) is 2.88. The van der Waals surface area contributed by atoms with Crippen molar-refractivity contribution in [3.8, 4) is 0 Å². The molecule has 0 saturated carbocycles. The van der Waals surface area contributed by atoms with Crippen LogP contribution < -0.4 is 0 Å². The Labute approximate surface area is 77.1 Å². The van der Waals surface area contributed by atoms with E-state index in [9.17, 15) is 0 Å². The van der Waals surface area contributed by atoms with Crippen molar-refractivity contribution >= 4 is 0 Å². The number of hydrogen-bond donors (Lipinski definition) is 0. The van der Waals surface area contributed by atoms with Crippen molar-refractivity contribution in [1.29, 1.82) is 0 Å². The first-order valence-corrected chi connectivity index (χ1v) is 5.60. The fraction of sp³-hybridized carbons (Fsp3) is 0.833. The Morgan fingerprint density at radius 1 is 1.08 bits per heavy atom. The first-order valence-electron chi connectivity index (χ1n) is 5.60. The van der Waals surface area contributed by atoms with E-state index in [4.69, 9.17) is 0 Å². The molecule has 0 heterocycles. The molecule has 0 radical (unpaired) electrons. The van der Waals surface area contributed by atoms with Crippen LogP contribution in [0.2, 0.25) is 0 Å². The summed E-state index contributed by atoms with van der Waals surface area (Å²) < 4.78 is 0. The Kier molecular flexibility index (Phi) is 5.14. The van der Waals surface area contributed by atoms with Crippen LogP contribution in [0.4, 0.5) is 0 Å². The second kappa shape index (κ2) is 6.28. The largest absolute Gasteiger partial charge is 0.0883 e. The highest BCUT2D eigenvalue weighted by Crippen LogP contribution is 2.18. The molecule has 0 aliphatic heterocycles. The standard InChI is InChI=1S/C12H22/c1-2-12-10-8-6-4-3-5-7-9-11-12/h8,10,12H,2-7,9,11H2,1H3. The van der Waals surface area contributed by atoms with Crippen molar-refractivity contribution in [2.24, 2.45) is 5.92 Å². The van der Waals surface area contributed by atoms with E-state index in [0.29, 0.717) is 0 Å². The summed E-state index contributed by atoms with van der Waals surface area (Å²) in [5.41, 5.74) is 0. The minimum atomic E-state index is 0.878. The van der Waals surface area contributed by atoms with Crippen molar-refractivity contribution in [3.63, 3.8) is 0 Å². The van der Waals surface area contributed by atoms with Crippen molar-refractivity contribution in [1.82, 2.24) is 0 Å². The molecular formula is C12H22. The SMILES string of the molecule is CCC1C=CCCCCCCC1. The molecule has 1 rings (SSSR count). The first kappa shape index (κ1) is 9.83. The molecule has 0 saturated heterocycles. The average Bonchev–Trinajstić information content (AvgIpc) is 2.14. The Hall–Kier alpha value is -0.260. The van der Waals surface area contributed by atoms with Gasteiger partial charge >= 0.3 is 0 Å². The highest BCUT2D eigenvalue weighted by Gasteiger charge is 2.02. The zero-order chi connectivity index (χ0) is 8.65. The van der Waals surface area contributed by atoms with Gasteiger partial charge in [-0.1, -0.05) is 44.8 Å². The summed E-state index contributed by atoms with van der Waals surface area (Å²) in [5, 5.41) is 0. The van der Waals surface area contributed by atoms with E-state index in [1.54, 1.807) is 0 Å². The van der Waals surface area contributed by atoms with Gasteiger partial charge in [-0.05, 0) is 31.6 Å². The number of allylic oxidation sites excluding steroid dienone is 2. The Morgan fingerprint density at radius 3 is 2.67 bits per heavy atom. The summed E-state index contributed by atoms with van der Waals surface area (Å²) in [5.74, 6) is 0.878. The van der Waals surface area contributed by atoms with Gasteiger partial charge in [0.05, 0.1) is 0 Å². The van der Waals surface area contributed by atoms with E-state index >= 15 is 0 Å². The molecular weight excluding hydrogens is 144 g/mol. The maximum atomic E-state index is 2.45. The molecule has 1 aliphatic rings. The van der Waals surface area contributed by atoms with Gasteiger partial charge in [-0.15, -0.1) is 0 Å². The van der Waals surface area contributed by atoms with Crippen LogP contribution in [0, 0.1) is 5.92 Å². The molecule has 0 amide bonds. The lowest BCUT2D eigenvalue weighted by Gasteiger charge is -2.11. The van der Waals surface area contributed by atoms with Crippen molar-refractivity contribution in [3.05, 3.63) is 12.2 Å². The molecule has 0 aromatic heterocycles. The molecule has 0 aromatic rings. The van der Waals surface area contributed by atoms with Gasteiger partial charge in [-0.2, -0.15) is 0 Å². The summed E-state index contributed by atoms with van der Waals surface area (Å²) in [7, 11) is 0. The van der Waals surface area contributed by atoms with Gasteiger partial charge in [0.1, 0.15) is 0 Å². The number of rotatable bonds is 1. The lowest BCUT2D eigenvalue weighted by Crippen LogP contribution is -1.95. The van der Waals surface area contributed by atoms with Crippen LogP contribution in [0.1, 0.15) is 58.3 Å². The van der Waals surface area contributed by atoms with Crippen LogP contribution in [-0.2, 0) is 0 Å². The van der Waals surface area contributed by atoms with Gasteiger partial charge in [-0.25, -0.2) is 0 Å². The third kappa shape index (κ3) is 3.94. The van der Waals surface area contributed by atoms with E-state index < -0.39 is 0 Å². The van der Waals surface area contributed by atoms with Gasteiger partial charge in [0, 0.05) is 0 Å². The quantitative estimate of drug-likeness (QED) is 0.509. The molecule has 0 bridgehead atoms. The Balaban J connectivity index is 2.31. The highest BCUT2D eigenvalue weighted by molar-refractivity contribution is 4.88. The molecule has 1 atom stereocenters. The fourth-order valence-electron chi connectivity index (χ4n) is 1.92. The summed E-state index contributed by atoms with van der Waals surface area (Å²) in [6.07, 6.45) is 16.1. The average molecular weight is 166 g/mol. The van der Waals surface area contributed by atoms with Crippen molar-refractivity contribution < 1.29 is 0 Å². The highest BCUT2D eigenvalue weighted by atomic mass is 14.1. The Morgan fingerprint density at radius 2 is 1.83 bits per heavy atom. The smallest absolute Gasteiger partial charge is 0.0236 e. The van der Waals surface area contributed by atoms with Gasteiger partial charge < -0.3 is 0 Å². The van der Waals surface area contributed by atoms with Crippen LogP contribution in [0.25, 0.3) is 0 Å². The first-order chi connectivity index (χ1) is 5.93. The zero-order valence-corrected chi connectivity index (χ0v) is 8.39. The summed E-state index contributed by atoms with van der Waals surface area (Å²) >= 11 is 0. The molecule has 0 N–H and O–H groups in total. The minimum absolute atomic E-state index is 0.878. The molecule has 70 valence electrons. The van der Waals surface area contributed by atoms with E-state index in [2.05, 4.69) is 19.1 Å². The van der Waals surface area contributed by atoms with Gasteiger partial charge in [0.25, 0.3) is 0 Å². The Bertz CT molecular complexity index is 124. The third-order valence-corrected chi connectivity index (χ3v) is 2.88. The lowest BCUT2D eigenvalue weighted by molar-refractivity contribution is 0.502. The van der Waals surface area contributed by atoms with Crippen LogP contribution in [-0.4, -0.2) is 0 Å². The second-order valence-electron chi connectivity index (χ2n) is 3.94. The van der Waals surface area contributed by atoms with Crippen LogP contribution >= 0.6 is 0 Å². The van der Waals surface area contributed by atoms with Crippen molar-refractivity contribution in [2.75, 3.05) is 0 Å². The molecule has 0 fully saturated rings. The molecule has 0 spiro atoms. The second-order valence-corrected chi connectivity index (χ2v) is 3.94. The fourth-order valence-corrected chi connectivity index (χ4v) is 1.92. The monoisotopic (exact) mass is 166 g/mol. The zero-order valence-electron chi connectivity index (χ0n) is 8.39. The normalized spacial score (nSPS) is 26.9. The van der Waals surface area contributed by atoms with Crippen LogP contribution in [0.15, 0.2) is 12.2 Å². The molecule has 0 aromatic carbocycles. The lowest BCUT2D eigenvalue weighted by atomic mass is 9.95. The van der Waals surface area contributed by atoms with Crippen LogP contribution in [0.3, 0.4) is 0 Å². The van der Waals surface area contributed by atoms with Gasteiger partial charge in [0.15, 0.2) is 0 Å². The van der Waals surface area contributed by atoms with E-state index in [1.165, 1.54) is 51.4 Å². The minimum Gasteiger partial charge on any atom is -0.0883 e. The maximum Gasteiger partial charge on any atom is -0.0236 e. The van der Waals surface area contributed by atoms with E-state index in [-0.39, 0.29) is 0 Å². The predicted octanol–water partition coefficient (Wildman–Crippen LogP) is 4.31. The summed E-state index contributed by atoms with van der Waals surface area (Å²) in [6.45, 7) is 2.31. The molecule has 0 nitrogen and oxygen atoms in total. The topological polar surface area (TPSA) is 0 Å². The van der Waals surface area contributed by atoms with Crippen molar-refractivity contribution in [2.45, 2.75) is 58.3 Å². The van der Waals surface area contributed by atoms with E-state index in [1.807, 2.05) is 0 Å².